The van der Waals surface area contributed by atoms with Crippen LogP contribution in [0.5, 0.6) is 5.88 Å². The fourth-order valence-electron chi connectivity index (χ4n) is 1.52. The summed E-state index contributed by atoms with van der Waals surface area (Å²) in [6, 6.07) is -0.434. The van der Waals surface area contributed by atoms with Crippen LogP contribution in [-0.2, 0) is 9.53 Å². The second-order valence-corrected chi connectivity index (χ2v) is 4.30. The van der Waals surface area contributed by atoms with Gasteiger partial charge in [0.05, 0.1) is 26.6 Å². The smallest absolute Gasteiger partial charge is 0.328 e. The average molecular weight is 253 g/mol. The van der Waals surface area contributed by atoms with E-state index >= 15 is 0 Å². The molecule has 0 saturated carbocycles. The van der Waals surface area contributed by atoms with Crippen LogP contribution in [0, 0.1) is 5.92 Å². The molecule has 6 heteroatoms. The lowest BCUT2D eigenvalue weighted by Gasteiger charge is -2.18. The summed E-state index contributed by atoms with van der Waals surface area (Å²) in [7, 11) is 2.88. The standard InChI is InChI=1S/C12H19N3O3/c1-8(2)5-9(12(16)18-4)14-10-6-13-7-11(15-10)17-3/h6-9H,5H2,1-4H3,(H,14,15). The van der Waals surface area contributed by atoms with E-state index in [0.29, 0.717) is 24.0 Å². The van der Waals surface area contributed by atoms with Gasteiger partial charge in [-0.1, -0.05) is 13.8 Å². The molecule has 1 unspecified atom stereocenters. The van der Waals surface area contributed by atoms with E-state index in [2.05, 4.69) is 15.3 Å². The minimum atomic E-state index is -0.434. The Kier molecular flexibility index (Phi) is 5.35. The Bertz CT molecular complexity index is 396. The summed E-state index contributed by atoms with van der Waals surface area (Å²) in [5.74, 6) is 0.937. The molecule has 0 aliphatic rings. The third-order valence-corrected chi connectivity index (χ3v) is 2.34. The number of nitrogens with zero attached hydrogens (tertiary/aromatic N) is 2. The molecule has 0 radical (unpaired) electrons. The quantitative estimate of drug-likeness (QED) is 0.774. The van der Waals surface area contributed by atoms with E-state index in [1.807, 2.05) is 13.8 Å². The number of carbonyl (C=O) groups is 1. The highest BCUT2D eigenvalue weighted by Crippen LogP contribution is 2.14. The summed E-state index contributed by atoms with van der Waals surface area (Å²) >= 11 is 0. The van der Waals surface area contributed by atoms with Crippen LogP contribution in [-0.4, -0.2) is 36.2 Å². The van der Waals surface area contributed by atoms with Crippen molar-refractivity contribution in [2.24, 2.45) is 5.92 Å². The topological polar surface area (TPSA) is 73.3 Å². The zero-order valence-corrected chi connectivity index (χ0v) is 11.1. The maximum Gasteiger partial charge on any atom is 0.328 e. The van der Waals surface area contributed by atoms with Crippen LogP contribution in [0.4, 0.5) is 5.82 Å². The summed E-state index contributed by atoms with van der Waals surface area (Å²) in [5, 5.41) is 3.01. The van der Waals surface area contributed by atoms with E-state index in [1.54, 1.807) is 6.20 Å². The molecular weight excluding hydrogens is 234 g/mol. The summed E-state index contributed by atoms with van der Waals surface area (Å²) in [6.07, 6.45) is 3.70. The van der Waals surface area contributed by atoms with Gasteiger partial charge in [0, 0.05) is 0 Å². The Morgan fingerprint density at radius 3 is 2.67 bits per heavy atom. The first kappa shape index (κ1) is 14.2. The van der Waals surface area contributed by atoms with Crippen molar-refractivity contribution in [3.8, 4) is 5.88 Å². The third kappa shape index (κ3) is 4.20. The van der Waals surface area contributed by atoms with Crippen molar-refractivity contribution in [1.29, 1.82) is 0 Å². The van der Waals surface area contributed by atoms with Gasteiger partial charge in [-0.25, -0.2) is 4.79 Å². The van der Waals surface area contributed by atoms with E-state index < -0.39 is 6.04 Å². The average Bonchev–Trinajstić information content (AvgIpc) is 2.36. The van der Waals surface area contributed by atoms with Gasteiger partial charge in [-0.2, -0.15) is 4.98 Å². The molecule has 6 nitrogen and oxygen atoms in total. The van der Waals surface area contributed by atoms with Gasteiger partial charge in [0.15, 0.2) is 0 Å². The second-order valence-electron chi connectivity index (χ2n) is 4.30. The first-order chi connectivity index (χ1) is 8.56. The number of ether oxygens (including phenoxy) is 2. The van der Waals surface area contributed by atoms with Crippen molar-refractivity contribution in [3.05, 3.63) is 12.4 Å². The zero-order chi connectivity index (χ0) is 13.5. The first-order valence-corrected chi connectivity index (χ1v) is 5.77. The number of nitrogens with one attached hydrogen (secondary N) is 1. The van der Waals surface area contributed by atoms with Gasteiger partial charge >= 0.3 is 5.97 Å². The molecule has 0 spiro atoms. The van der Waals surface area contributed by atoms with Crippen molar-refractivity contribution in [2.45, 2.75) is 26.3 Å². The molecule has 18 heavy (non-hydrogen) atoms. The Morgan fingerprint density at radius 2 is 2.11 bits per heavy atom. The highest BCUT2D eigenvalue weighted by Gasteiger charge is 2.20. The minimum Gasteiger partial charge on any atom is -0.480 e. The van der Waals surface area contributed by atoms with Crippen LogP contribution in [0.3, 0.4) is 0 Å². The third-order valence-electron chi connectivity index (χ3n) is 2.34. The van der Waals surface area contributed by atoms with Crippen LogP contribution >= 0.6 is 0 Å². The highest BCUT2D eigenvalue weighted by atomic mass is 16.5. The second kappa shape index (κ2) is 6.78. The van der Waals surface area contributed by atoms with Gasteiger partial charge in [0.1, 0.15) is 11.9 Å². The number of rotatable bonds is 6. The normalized spacial score (nSPS) is 12.1. The van der Waals surface area contributed by atoms with Crippen LogP contribution in [0.1, 0.15) is 20.3 Å². The number of methoxy groups -OCH3 is 2. The molecule has 0 aromatic carbocycles. The maximum absolute atomic E-state index is 11.6. The first-order valence-electron chi connectivity index (χ1n) is 5.77. The van der Waals surface area contributed by atoms with Crippen molar-refractivity contribution in [1.82, 2.24) is 9.97 Å². The van der Waals surface area contributed by atoms with Gasteiger partial charge in [-0.05, 0) is 12.3 Å². The molecular formula is C12H19N3O3. The molecule has 0 aliphatic heterocycles. The van der Waals surface area contributed by atoms with Gasteiger partial charge < -0.3 is 14.8 Å². The Morgan fingerprint density at radius 1 is 1.39 bits per heavy atom. The lowest BCUT2D eigenvalue weighted by atomic mass is 10.0. The van der Waals surface area contributed by atoms with Crippen LogP contribution in [0.25, 0.3) is 0 Å². The maximum atomic E-state index is 11.6. The molecule has 1 rings (SSSR count). The van der Waals surface area contributed by atoms with E-state index in [9.17, 15) is 4.79 Å². The Balaban J connectivity index is 2.78. The zero-order valence-electron chi connectivity index (χ0n) is 11.1. The number of aromatic nitrogens is 2. The van der Waals surface area contributed by atoms with Crippen molar-refractivity contribution >= 4 is 11.8 Å². The lowest BCUT2D eigenvalue weighted by Crippen LogP contribution is -2.32. The molecule has 0 amide bonds. The largest absolute Gasteiger partial charge is 0.480 e. The van der Waals surface area contributed by atoms with Crippen molar-refractivity contribution in [3.63, 3.8) is 0 Å². The molecule has 0 aliphatic carbocycles. The van der Waals surface area contributed by atoms with E-state index in [1.165, 1.54) is 20.4 Å². The minimum absolute atomic E-state index is 0.312. The van der Waals surface area contributed by atoms with Crippen LogP contribution in [0.2, 0.25) is 0 Å². The summed E-state index contributed by atoms with van der Waals surface area (Å²) in [5.41, 5.74) is 0. The SMILES string of the molecule is COC(=O)C(CC(C)C)Nc1cncc(OC)n1. The fourth-order valence-corrected chi connectivity index (χ4v) is 1.52. The number of anilines is 1. The van der Waals surface area contributed by atoms with E-state index in [-0.39, 0.29) is 5.97 Å². The number of esters is 1. The molecule has 1 aromatic rings. The lowest BCUT2D eigenvalue weighted by molar-refractivity contribution is -0.141. The predicted molar refractivity (Wildman–Crippen MR) is 67.5 cm³/mol. The number of hydrogen-bond acceptors (Lipinski definition) is 6. The molecule has 0 fully saturated rings. The predicted octanol–water partition coefficient (Wildman–Crippen LogP) is 1.48. The Hall–Kier alpha value is -1.85. The molecule has 0 saturated heterocycles. The fraction of sp³-hybridized carbons (Fsp3) is 0.583. The number of hydrogen-bond donors (Lipinski definition) is 1. The van der Waals surface area contributed by atoms with Gasteiger partial charge in [0.25, 0.3) is 0 Å². The summed E-state index contributed by atoms with van der Waals surface area (Å²) in [6.45, 7) is 4.07. The van der Waals surface area contributed by atoms with Crippen molar-refractivity contribution < 1.29 is 14.3 Å². The van der Waals surface area contributed by atoms with Gasteiger partial charge in [0.2, 0.25) is 5.88 Å². The number of carbonyl (C=O) groups excluding carboxylic acids is 1. The molecule has 100 valence electrons. The van der Waals surface area contributed by atoms with Crippen molar-refractivity contribution in [2.75, 3.05) is 19.5 Å². The molecule has 1 aromatic heterocycles. The van der Waals surface area contributed by atoms with Crippen LogP contribution < -0.4 is 10.1 Å². The van der Waals surface area contributed by atoms with Crippen LogP contribution in [0.15, 0.2) is 12.4 Å². The molecule has 1 atom stereocenters. The Labute approximate surface area is 107 Å². The molecule has 0 bridgehead atoms. The summed E-state index contributed by atoms with van der Waals surface area (Å²) < 4.78 is 9.74. The van der Waals surface area contributed by atoms with Gasteiger partial charge in [-0.3, -0.25) is 4.98 Å². The molecule has 1 heterocycles. The van der Waals surface area contributed by atoms with E-state index in [0.717, 1.165) is 0 Å². The highest BCUT2D eigenvalue weighted by molar-refractivity contribution is 5.78. The monoisotopic (exact) mass is 253 g/mol. The molecule has 1 N–H and O–H groups in total. The van der Waals surface area contributed by atoms with Gasteiger partial charge in [-0.15, -0.1) is 0 Å². The summed E-state index contributed by atoms with van der Waals surface area (Å²) in [4.78, 5) is 19.8. The van der Waals surface area contributed by atoms with E-state index in [4.69, 9.17) is 9.47 Å².